The molecule has 29 aromatic rings. The van der Waals surface area contributed by atoms with Crippen LogP contribution in [0.15, 0.2) is 511 Å². The number of fused-ring (bicyclic) bond motifs is 20. The number of benzene rings is 26. The van der Waals surface area contributed by atoms with Gasteiger partial charge in [0.15, 0.2) is 0 Å². The van der Waals surface area contributed by atoms with E-state index in [-0.39, 0.29) is 0 Å². The van der Waals surface area contributed by atoms with Crippen molar-refractivity contribution in [1.82, 2.24) is 0 Å². The molecular weight excluding hydrogens is 1660 g/mol. The van der Waals surface area contributed by atoms with Crippen molar-refractivity contribution in [2.45, 2.75) is 0 Å². The molecule has 0 saturated carbocycles. The van der Waals surface area contributed by atoms with E-state index in [1.54, 1.807) is 0 Å². The minimum Gasteiger partial charge on any atom is -0.456 e. The lowest BCUT2D eigenvalue weighted by Gasteiger charge is -2.19. The molecule has 3 nitrogen and oxygen atoms in total. The molecule has 0 radical (unpaired) electrons. The van der Waals surface area contributed by atoms with Crippen LogP contribution in [0.4, 0.5) is 0 Å². The Morgan fingerprint density at radius 1 is 0.0949 bits per heavy atom. The molecule has 0 aliphatic rings. The van der Waals surface area contributed by atoms with Crippen LogP contribution in [0.3, 0.4) is 0 Å². The van der Waals surface area contributed by atoms with Crippen molar-refractivity contribution in [3.05, 3.63) is 497 Å². The molecule has 0 saturated heterocycles. The first kappa shape index (κ1) is 78.8. The summed E-state index contributed by atoms with van der Waals surface area (Å²) < 4.78 is 18.9. The van der Waals surface area contributed by atoms with Gasteiger partial charge in [-0.05, 0) is 310 Å². The van der Waals surface area contributed by atoms with Gasteiger partial charge in [-0.3, -0.25) is 0 Å². The van der Waals surface area contributed by atoms with Crippen LogP contribution in [0.5, 0.6) is 0 Å². The van der Waals surface area contributed by atoms with Gasteiger partial charge in [-0.15, -0.1) is 0 Å². The second-order valence-electron chi connectivity index (χ2n) is 36.2. The standard InChI is InChI=1S/2C46H28O.C42H26O/c1-2-12-33-28-44-42(26-32(33)11-1)41-27-34(24-25-43(41)47-44)29-20-22-31(23-21-29)45-37-15-5-7-17-39(37)46(40-18-8-6-16-38(40)45)36-19-9-13-30-10-3-4-14-35(30)36;1-2-11-30-24-36(21-20-29(30)10-1)46-39-18-7-5-16-37(39)45(38-17-6-8-19-40(38)46)35-15-9-14-31(25-35)34-22-23-43-41(27-34)42-26-32-12-3-4-13-33(32)28-44(42)47-43;1-2-11-27(12-3-1)41-33-17-6-8-19-35(33)42(36-20-9-7-18-34(36)41)32-16-10-15-28(23-32)31-21-22-39-37(25-31)38-24-29-13-4-5-14-30(29)26-40(38)43-39/h2*1-28H;1-26H. The zero-order chi connectivity index (χ0) is 90.1. The van der Waals surface area contributed by atoms with Crippen molar-refractivity contribution in [3.63, 3.8) is 0 Å². The lowest BCUT2D eigenvalue weighted by Crippen LogP contribution is -1.91. The number of hydrogen-bond donors (Lipinski definition) is 0. The summed E-state index contributed by atoms with van der Waals surface area (Å²) in [7, 11) is 0. The Labute approximate surface area is 789 Å². The van der Waals surface area contributed by atoms with Crippen molar-refractivity contribution in [2.75, 3.05) is 0 Å². The predicted molar refractivity (Wildman–Crippen MR) is 583 cm³/mol. The molecule has 0 atom stereocenters. The maximum absolute atomic E-state index is 6.31. The van der Waals surface area contributed by atoms with E-state index in [9.17, 15) is 0 Å². The lowest BCUT2D eigenvalue weighted by atomic mass is 9.84. The van der Waals surface area contributed by atoms with Gasteiger partial charge < -0.3 is 13.3 Å². The highest BCUT2D eigenvalue weighted by molar-refractivity contribution is 6.27. The Kier molecular flexibility index (Phi) is 18.7. The first-order valence-corrected chi connectivity index (χ1v) is 47.1. The van der Waals surface area contributed by atoms with Crippen molar-refractivity contribution < 1.29 is 13.3 Å². The third kappa shape index (κ3) is 13.5. The zero-order valence-electron chi connectivity index (χ0n) is 74.6. The van der Waals surface area contributed by atoms with Crippen molar-refractivity contribution in [2.24, 2.45) is 0 Å². The molecule has 26 aromatic carbocycles. The molecule has 0 aliphatic carbocycles. The highest BCUT2D eigenvalue weighted by Gasteiger charge is 2.24. The Morgan fingerprint density at radius 2 is 0.321 bits per heavy atom. The first-order valence-electron chi connectivity index (χ1n) is 47.1. The van der Waals surface area contributed by atoms with E-state index < -0.39 is 0 Å². The quantitative estimate of drug-likeness (QED) is 0.135. The summed E-state index contributed by atoms with van der Waals surface area (Å²) in [6.45, 7) is 0. The molecule has 3 aromatic heterocycles. The van der Waals surface area contributed by atoms with Crippen LogP contribution >= 0.6 is 0 Å². The number of furan rings is 3. The molecule has 3 heterocycles. The van der Waals surface area contributed by atoms with Crippen molar-refractivity contribution in [1.29, 1.82) is 0 Å². The lowest BCUT2D eigenvalue weighted by molar-refractivity contribution is 0.669. The molecule has 0 amide bonds. The van der Waals surface area contributed by atoms with Gasteiger partial charge in [-0.2, -0.15) is 0 Å². The number of hydrogen-bond acceptors (Lipinski definition) is 3. The second kappa shape index (κ2) is 32.5. The molecular formula is C134H82O3. The smallest absolute Gasteiger partial charge is 0.136 e. The van der Waals surface area contributed by atoms with Gasteiger partial charge in [-0.1, -0.05) is 406 Å². The first-order chi connectivity index (χ1) is 67.9. The zero-order valence-corrected chi connectivity index (χ0v) is 74.6. The van der Waals surface area contributed by atoms with Gasteiger partial charge in [0.1, 0.15) is 33.5 Å². The van der Waals surface area contributed by atoms with Crippen molar-refractivity contribution >= 4 is 184 Å². The van der Waals surface area contributed by atoms with Gasteiger partial charge >= 0.3 is 0 Å². The fourth-order valence-electron chi connectivity index (χ4n) is 22.1. The summed E-state index contributed by atoms with van der Waals surface area (Å²) in [5.41, 5.74) is 27.7. The summed E-state index contributed by atoms with van der Waals surface area (Å²) in [6, 6.07) is 180. The molecule has 0 aliphatic heterocycles. The molecule has 0 unspecified atom stereocenters. The Hall–Kier alpha value is -18.0. The second-order valence-corrected chi connectivity index (χ2v) is 36.2. The van der Waals surface area contributed by atoms with E-state index >= 15 is 0 Å². The van der Waals surface area contributed by atoms with E-state index in [4.69, 9.17) is 13.3 Å². The highest BCUT2D eigenvalue weighted by Crippen LogP contribution is 2.51. The van der Waals surface area contributed by atoms with E-state index in [2.05, 4.69) is 497 Å². The Bertz CT molecular complexity index is 9810. The van der Waals surface area contributed by atoms with Crippen LogP contribution < -0.4 is 0 Å². The van der Waals surface area contributed by atoms with Gasteiger partial charge in [-0.25, -0.2) is 0 Å². The summed E-state index contributed by atoms with van der Waals surface area (Å²) in [6.07, 6.45) is 0. The molecule has 0 N–H and O–H groups in total. The maximum atomic E-state index is 6.31. The van der Waals surface area contributed by atoms with Crippen LogP contribution in [-0.2, 0) is 0 Å². The fourth-order valence-corrected chi connectivity index (χ4v) is 22.1. The van der Waals surface area contributed by atoms with Gasteiger partial charge in [0, 0.05) is 32.3 Å². The van der Waals surface area contributed by atoms with Crippen LogP contribution in [0.1, 0.15) is 0 Å². The van der Waals surface area contributed by atoms with Gasteiger partial charge in [0.2, 0.25) is 0 Å². The molecule has 0 fully saturated rings. The van der Waals surface area contributed by atoms with Gasteiger partial charge in [0.25, 0.3) is 0 Å². The third-order valence-corrected chi connectivity index (χ3v) is 28.4. The van der Waals surface area contributed by atoms with Crippen LogP contribution in [0.25, 0.3) is 284 Å². The number of rotatable bonds is 9. The molecule has 0 bridgehead atoms. The summed E-state index contributed by atoms with van der Waals surface area (Å²) >= 11 is 0. The summed E-state index contributed by atoms with van der Waals surface area (Å²) in [5.74, 6) is 0. The minimum atomic E-state index is 0.913. The van der Waals surface area contributed by atoms with E-state index in [1.807, 2.05) is 0 Å². The summed E-state index contributed by atoms with van der Waals surface area (Å²) in [5, 5.41) is 34.4. The van der Waals surface area contributed by atoms with Crippen LogP contribution in [0, 0.1) is 0 Å². The molecule has 137 heavy (non-hydrogen) atoms. The molecule has 636 valence electrons. The monoisotopic (exact) mass is 1740 g/mol. The fraction of sp³-hybridized carbons (Fsp3) is 0. The minimum absolute atomic E-state index is 0.913. The summed E-state index contributed by atoms with van der Waals surface area (Å²) in [4.78, 5) is 0. The third-order valence-electron chi connectivity index (χ3n) is 28.4. The van der Waals surface area contributed by atoms with E-state index in [0.717, 1.165) is 65.8 Å². The van der Waals surface area contributed by atoms with Crippen LogP contribution in [0.2, 0.25) is 0 Å². The normalized spacial score (nSPS) is 11.8. The Morgan fingerprint density at radius 3 is 0.701 bits per heavy atom. The van der Waals surface area contributed by atoms with Crippen LogP contribution in [-0.4, -0.2) is 0 Å². The SMILES string of the molecule is c1cc(-c2ccc3oc4cc5ccccc5cc4c3c2)cc(-c2c3ccccc3c(-c3ccc4ccccc4c3)c3ccccc23)c1.c1ccc(-c2c3ccccc3c(-c3cccc(-c4ccc5oc6cc7ccccc7cc6c5c4)c3)c3ccccc23)cc1.c1ccc2cc3c(cc2c1)oc1ccc(-c2ccc(-c4c5ccccc5c(-c5cccc6ccccc56)c5ccccc45)cc2)cc13. The predicted octanol–water partition coefficient (Wildman–Crippen LogP) is 38.4. The molecule has 29 rings (SSSR count). The average molecular weight is 1740 g/mol. The van der Waals surface area contributed by atoms with E-state index in [0.29, 0.717) is 0 Å². The van der Waals surface area contributed by atoms with Gasteiger partial charge in [0.05, 0.1) is 0 Å². The molecule has 0 spiro atoms. The van der Waals surface area contributed by atoms with Crippen molar-refractivity contribution in [3.8, 4) is 100 Å². The maximum Gasteiger partial charge on any atom is 0.136 e. The molecule has 3 heteroatoms. The largest absolute Gasteiger partial charge is 0.456 e. The average Bonchev–Trinajstić information content (AvgIpc) is 1.64. The highest BCUT2D eigenvalue weighted by atomic mass is 16.3. The topological polar surface area (TPSA) is 39.4 Å². The Balaban J connectivity index is 0.000000104. The van der Waals surface area contributed by atoms with E-state index in [1.165, 1.54) is 219 Å².